The Kier molecular flexibility index (Phi) is 2.55. The van der Waals surface area contributed by atoms with Crippen molar-refractivity contribution in [2.75, 3.05) is 0 Å². The standard InChI is InChI=1S/C9H10N2/c1-2-4-9(10)8-5-3-6-11-7-8/h2-7,10H,1H3/b4-2-,10-9?. The van der Waals surface area contributed by atoms with Gasteiger partial charge in [0.05, 0.1) is 5.71 Å². The molecule has 0 aromatic carbocycles. The van der Waals surface area contributed by atoms with E-state index in [0.717, 1.165) is 5.56 Å². The van der Waals surface area contributed by atoms with Crippen LogP contribution in [0.5, 0.6) is 0 Å². The number of aromatic nitrogens is 1. The largest absolute Gasteiger partial charge is 0.300 e. The molecule has 56 valence electrons. The van der Waals surface area contributed by atoms with Crippen LogP contribution in [0.3, 0.4) is 0 Å². The molecular weight excluding hydrogens is 136 g/mol. The summed E-state index contributed by atoms with van der Waals surface area (Å²) in [5.41, 5.74) is 1.35. The number of nitrogens with one attached hydrogen (secondary N) is 1. The summed E-state index contributed by atoms with van der Waals surface area (Å²) in [5.74, 6) is 0. The summed E-state index contributed by atoms with van der Waals surface area (Å²) in [5, 5.41) is 7.50. The molecule has 1 heterocycles. The van der Waals surface area contributed by atoms with E-state index in [9.17, 15) is 0 Å². The second-order valence-corrected chi connectivity index (χ2v) is 2.16. The van der Waals surface area contributed by atoms with Gasteiger partial charge in [-0.05, 0) is 25.1 Å². The van der Waals surface area contributed by atoms with Crippen LogP contribution in [-0.2, 0) is 0 Å². The van der Waals surface area contributed by atoms with Crippen molar-refractivity contribution in [2.45, 2.75) is 6.92 Å². The van der Waals surface area contributed by atoms with Gasteiger partial charge in [-0.25, -0.2) is 0 Å². The van der Waals surface area contributed by atoms with E-state index in [0.29, 0.717) is 5.71 Å². The quantitative estimate of drug-likeness (QED) is 0.637. The summed E-state index contributed by atoms with van der Waals surface area (Å²) in [6.45, 7) is 1.89. The van der Waals surface area contributed by atoms with Crippen molar-refractivity contribution in [3.63, 3.8) is 0 Å². The van der Waals surface area contributed by atoms with E-state index in [1.54, 1.807) is 18.5 Å². The second-order valence-electron chi connectivity index (χ2n) is 2.16. The molecule has 1 rings (SSSR count). The first-order valence-electron chi connectivity index (χ1n) is 3.46. The van der Waals surface area contributed by atoms with Crippen LogP contribution in [0.4, 0.5) is 0 Å². The lowest BCUT2D eigenvalue weighted by molar-refractivity contribution is 1.31. The molecule has 0 amide bonds. The Hall–Kier alpha value is -1.44. The highest BCUT2D eigenvalue weighted by Gasteiger charge is 1.93. The molecule has 1 aromatic rings. The predicted octanol–water partition coefficient (Wildman–Crippen LogP) is 2.03. The van der Waals surface area contributed by atoms with Crippen LogP contribution in [0.25, 0.3) is 0 Å². The van der Waals surface area contributed by atoms with E-state index in [-0.39, 0.29) is 0 Å². The van der Waals surface area contributed by atoms with Gasteiger partial charge < -0.3 is 5.41 Å². The maximum atomic E-state index is 7.50. The van der Waals surface area contributed by atoms with E-state index in [1.165, 1.54) is 0 Å². The predicted molar refractivity (Wildman–Crippen MR) is 45.9 cm³/mol. The number of hydrogen-bond donors (Lipinski definition) is 1. The fraction of sp³-hybridized carbons (Fsp3) is 0.111. The summed E-state index contributed by atoms with van der Waals surface area (Å²) in [4.78, 5) is 3.91. The van der Waals surface area contributed by atoms with Crippen LogP contribution in [0.15, 0.2) is 36.7 Å². The summed E-state index contributed by atoms with van der Waals surface area (Å²) < 4.78 is 0. The lowest BCUT2D eigenvalue weighted by Crippen LogP contribution is -1.93. The molecule has 11 heavy (non-hydrogen) atoms. The number of pyridine rings is 1. The molecule has 0 fully saturated rings. The van der Waals surface area contributed by atoms with E-state index < -0.39 is 0 Å². The Morgan fingerprint density at radius 2 is 2.45 bits per heavy atom. The molecule has 0 bridgehead atoms. The van der Waals surface area contributed by atoms with Gasteiger partial charge in [-0.15, -0.1) is 0 Å². The molecule has 2 heteroatoms. The first kappa shape index (κ1) is 7.66. The number of rotatable bonds is 2. The highest BCUT2D eigenvalue weighted by Crippen LogP contribution is 1.97. The third-order valence-corrected chi connectivity index (χ3v) is 1.31. The van der Waals surface area contributed by atoms with E-state index in [1.807, 2.05) is 25.1 Å². The fourth-order valence-corrected chi connectivity index (χ4v) is 0.785. The van der Waals surface area contributed by atoms with Gasteiger partial charge in [-0.1, -0.05) is 6.08 Å². The highest BCUT2D eigenvalue weighted by molar-refractivity contribution is 6.06. The van der Waals surface area contributed by atoms with Gasteiger partial charge in [0.1, 0.15) is 0 Å². The minimum Gasteiger partial charge on any atom is -0.300 e. The molecular formula is C9H10N2. The van der Waals surface area contributed by atoms with Crippen molar-refractivity contribution in [3.8, 4) is 0 Å². The van der Waals surface area contributed by atoms with Crippen LogP contribution >= 0.6 is 0 Å². The van der Waals surface area contributed by atoms with E-state index in [4.69, 9.17) is 5.41 Å². The van der Waals surface area contributed by atoms with Gasteiger partial charge in [-0.2, -0.15) is 0 Å². The van der Waals surface area contributed by atoms with Crippen LogP contribution < -0.4 is 0 Å². The van der Waals surface area contributed by atoms with Crippen molar-refractivity contribution in [2.24, 2.45) is 0 Å². The summed E-state index contributed by atoms with van der Waals surface area (Å²) >= 11 is 0. The lowest BCUT2D eigenvalue weighted by Gasteiger charge is -1.94. The summed E-state index contributed by atoms with van der Waals surface area (Å²) in [6, 6.07) is 3.70. The molecule has 0 radical (unpaired) electrons. The van der Waals surface area contributed by atoms with Crippen molar-refractivity contribution in [1.82, 2.24) is 4.98 Å². The molecule has 0 saturated heterocycles. The number of hydrogen-bond acceptors (Lipinski definition) is 2. The van der Waals surface area contributed by atoms with Gasteiger partial charge in [-0.3, -0.25) is 4.98 Å². The number of nitrogens with zero attached hydrogens (tertiary/aromatic N) is 1. The molecule has 1 aromatic heterocycles. The third kappa shape index (κ3) is 2.00. The average Bonchev–Trinajstić information content (AvgIpc) is 2.07. The molecule has 0 spiro atoms. The molecule has 1 N–H and O–H groups in total. The zero-order valence-electron chi connectivity index (χ0n) is 6.41. The molecule has 0 aliphatic heterocycles. The highest BCUT2D eigenvalue weighted by atomic mass is 14.6. The SMILES string of the molecule is C/C=C\C(=N)c1cccnc1. The van der Waals surface area contributed by atoms with E-state index in [2.05, 4.69) is 4.98 Å². The topological polar surface area (TPSA) is 36.7 Å². The second kappa shape index (κ2) is 3.66. The van der Waals surface area contributed by atoms with Gasteiger partial charge in [0.25, 0.3) is 0 Å². The molecule has 0 aliphatic carbocycles. The van der Waals surface area contributed by atoms with Crippen LogP contribution in [0, 0.1) is 5.41 Å². The maximum Gasteiger partial charge on any atom is 0.0624 e. The Labute approximate surface area is 66.1 Å². The van der Waals surface area contributed by atoms with Crippen molar-refractivity contribution < 1.29 is 0 Å². The monoisotopic (exact) mass is 146 g/mol. The van der Waals surface area contributed by atoms with E-state index >= 15 is 0 Å². The smallest absolute Gasteiger partial charge is 0.0624 e. The molecule has 0 saturated carbocycles. The van der Waals surface area contributed by atoms with Gasteiger partial charge in [0, 0.05) is 18.0 Å². The first-order valence-corrected chi connectivity index (χ1v) is 3.46. The minimum atomic E-state index is 0.501. The summed E-state index contributed by atoms with van der Waals surface area (Å²) in [6.07, 6.45) is 6.97. The minimum absolute atomic E-state index is 0.501. The van der Waals surface area contributed by atoms with Crippen LogP contribution in [0.2, 0.25) is 0 Å². The van der Waals surface area contributed by atoms with Gasteiger partial charge in [0.2, 0.25) is 0 Å². The van der Waals surface area contributed by atoms with Crippen molar-refractivity contribution in [3.05, 3.63) is 42.2 Å². The Bertz CT molecular complexity index is 262. The normalized spacial score (nSPS) is 10.3. The average molecular weight is 146 g/mol. The Morgan fingerprint density at radius 3 is 3.00 bits per heavy atom. The first-order chi connectivity index (χ1) is 5.34. The third-order valence-electron chi connectivity index (χ3n) is 1.31. The molecule has 0 unspecified atom stereocenters. The molecule has 2 nitrogen and oxygen atoms in total. The van der Waals surface area contributed by atoms with Gasteiger partial charge >= 0.3 is 0 Å². The van der Waals surface area contributed by atoms with Crippen molar-refractivity contribution >= 4 is 5.71 Å². The lowest BCUT2D eigenvalue weighted by atomic mass is 10.2. The maximum absolute atomic E-state index is 7.50. The molecule has 0 atom stereocenters. The van der Waals surface area contributed by atoms with Crippen molar-refractivity contribution in [1.29, 1.82) is 5.41 Å². The number of allylic oxidation sites excluding steroid dienone is 2. The van der Waals surface area contributed by atoms with Crippen LogP contribution in [0.1, 0.15) is 12.5 Å². The van der Waals surface area contributed by atoms with Crippen LogP contribution in [-0.4, -0.2) is 10.7 Å². The zero-order chi connectivity index (χ0) is 8.10. The fourth-order valence-electron chi connectivity index (χ4n) is 0.785. The Morgan fingerprint density at radius 1 is 1.64 bits per heavy atom. The van der Waals surface area contributed by atoms with Gasteiger partial charge in [0.15, 0.2) is 0 Å². The molecule has 0 aliphatic rings. The summed E-state index contributed by atoms with van der Waals surface area (Å²) in [7, 11) is 0. The Balaban J connectivity index is 2.86. The zero-order valence-corrected chi connectivity index (χ0v) is 6.41.